The van der Waals surface area contributed by atoms with Crippen molar-refractivity contribution < 1.29 is 9.90 Å². The number of rotatable bonds is 7. The molecular formula is C15H25N3O2. The van der Waals surface area contributed by atoms with E-state index in [1.807, 2.05) is 0 Å². The first-order valence-electron chi connectivity index (χ1n) is 7.17. The second kappa shape index (κ2) is 7.12. The van der Waals surface area contributed by atoms with E-state index in [4.69, 9.17) is 10.8 Å². The van der Waals surface area contributed by atoms with Gasteiger partial charge in [-0.05, 0) is 30.9 Å². The van der Waals surface area contributed by atoms with Crippen molar-refractivity contribution in [3.63, 3.8) is 0 Å². The quantitative estimate of drug-likeness (QED) is 0.802. The predicted octanol–water partition coefficient (Wildman–Crippen LogP) is 3.01. The minimum Gasteiger partial charge on any atom is -0.477 e. The Balaban J connectivity index is 3.24. The monoisotopic (exact) mass is 279 g/mol. The highest BCUT2D eigenvalue weighted by Crippen LogP contribution is 2.26. The van der Waals surface area contributed by atoms with Crippen molar-refractivity contribution >= 4 is 17.5 Å². The largest absolute Gasteiger partial charge is 0.477 e. The molecule has 0 bridgehead atoms. The van der Waals surface area contributed by atoms with Crippen LogP contribution in [0.25, 0.3) is 0 Å². The molecule has 0 atom stereocenters. The molecule has 5 nitrogen and oxygen atoms in total. The van der Waals surface area contributed by atoms with E-state index < -0.39 is 5.97 Å². The Morgan fingerprint density at radius 3 is 2.40 bits per heavy atom. The Labute approximate surface area is 120 Å². The van der Waals surface area contributed by atoms with Crippen molar-refractivity contribution in [2.45, 2.75) is 46.6 Å². The summed E-state index contributed by atoms with van der Waals surface area (Å²) in [6.45, 7) is 9.32. The summed E-state index contributed by atoms with van der Waals surface area (Å²) in [5.41, 5.74) is 6.58. The van der Waals surface area contributed by atoms with Crippen LogP contribution in [-0.2, 0) is 0 Å². The third-order valence-corrected chi connectivity index (χ3v) is 3.34. The Hall–Kier alpha value is -1.78. The maximum Gasteiger partial charge on any atom is 0.354 e. The van der Waals surface area contributed by atoms with Crippen LogP contribution in [0.15, 0.2) is 12.1 Å². The maximum absolute atomic E-state index is 11.1. The van der Waals surface area contributed by atoms with Gasteiger partial charge in [-0.3, -0.25) is 0 Å². The van der Waals surface area contributed by atoms with Crippen LogP contribution in [0.1, 0.15) is 51.0 Å². The normalized spacial score (nSPS) is 11.1. The summed E-state index contributed by atoms with van der Waals surface area (Å²) in [4.78, 5) is 17.5. The molecule has 1 aromatic rings. The fraction of sp³-hybridized carbons (Fsp3) is 0.600. The third kappa shape index (κ3) is 3.85. The van der Waals surface area contributed by atoms with Gasteiger partial charge in [-0.15, -0.1) is 0 Å². The van der Waals surface area contributed by atoms with Gasteiger partial charge in [0.15, 0.2) is 11.5 Å². The summed E-state index contributed by atoms with van der Waals surface area (Å²) >= 11 is 0. The lowest BCUT2D eigenvalue weighted by Gasteiger charge is -2.34. The number of nitrogens with two attached hydrogens (primary N) is 1. The van der Waals surface area contributed by atoms with Crippen LogP contribution >= 0.6 is 0 Å². The third-order valence-electron chi connectivity index (χ3n) is 3.34. The number of nitrogen functional groups attached to an aromatic ring is 1. The molecule has 0 aliphatic heterocycles. The smallest absolute Gasteiger partial charge is 0.354 e. The predicted molar refractivity (Wildman–Crippen MR) is 82.2 cm³/mol. The first-order chi connectivity index (χ1) is 9.40. The van der Waals surface area contributed by atoms with E-state index in [9.17, 15) is 4.79 Å². The molecule has 112 valence electrons. The molecule has 20 heavy (non-hydrogen) atoms. The van der Waals surface area contributed by atoms with Crippen molar-refractivity contribution in [1.82, 2.24) is 4.98 Å². The lowest BCUT2D eigenvalue weighted by molar-refractivity contribution is 0.0690. The van der Waals surface area contributed by atoms with Crippen molar-refractivity contribution in [3.05, 3.63) is 17.8 Å². The number of carboxylic acids is 1. The standard InChI is InChI=1S/C15H25N3O2/c1-5-11(6-2)18(9-10(3)4)14-12(16)7-8-13(17-14)15(19)20/h7-8,10-11H,5-6,9,16H2,1-4H3,(H,19,20). The van der Waals surface area contributed by atoms with Crippen molar-refractivity contribution in [2.75, 3.05) is 17.2 Å². The molecule has 0 spiro atoms. The number of nitrogens with zero attached hydrogens (tertiary/aromatic N) is 2. The molecule has 3 N–H and O–H groups in total. The van der Waals surface area contributed by atoms with Gasteiger partial charge >= 0.3 is 5.97 Å². The molecule has 0 saturated carbocycles. The summed E-state index contributed by atoms with van der Waals surface area (Å²) in [7, 11) is 0. The molecule has 0 aliphatic carbocycles. The highest BCUT2D eigenvalue weighted by atomic mass is 16.4. The van der Waals surface area contributed by atoms with Gasteiger partial charge in [0, 0.05) is 12.6 Å². The number of hydrogen-bond acceptors (Lipinski definition) is 4. The number of hydrogen-bond donors (Lipinski definition) is 2. The van der Waals surface area contributed by atoms with E-state index >= 15 is 0 Å². The van der Waals surface area contributed by atoms with Gasteiger partial charge in [0.1, 0.15) is 0 Å². The van der Waals surface area contributed by atoms with Crippen LogP contribution in [0.2, 0.25) is 0 Å². The van der Waals surface area contributed by atoms with E-state index in [0.717, 1.165) is 19.4 Å². The molecule has 0 fully saturated rings. The van der Waals surface area contributed by atoms with Crippen LogP contribution in [-0.4, -0.2) is 28.6 Å². The van der Waals surface area contributed by atoms with Crippen LogP contribution in [0, 0.1) is 5.92 Å². The van der Waals surface area contributed by atoms with Gasteiger partial charge in [-0.2, -0.15) is 0 Å². The van der Waals surface area contributed by atoms with Gasteiger partial charge in [0.05, 0.1) is 5.69 Å². The van der Waals surface area contributed by atoms with Crippen molar-refractivity contribution in [1.29, 1.82) is 0 Å². The fourth-order valence-electron chi connectivity index (χ4n) is 2.34. The molecule has 0 saturated heterocycles. The highest BCUT2D eigenvalue weighted by Gasteiger charge is 2.21. The van der Waals surface area contributed by atoms with Crippen molar-refractivity contribution in [2.24, 2.45) is 5.92 Å². The Morgan fingerprint density at radius 2 is 1.95 bits per heavy atom. The highest BCUT2D eigenvalue weighted by molar-refractivity contribution is 5.87. The summed E-state index contributed by atoms with van der Waals surface area (Å²) in [6.07, 6.45) is 1.95. The number of aromatic nitrogens is 1. The second-order valence-electron chi connectivity index (χ2n) is 5.43. The molecular weight excluding hydrogens is 254 g/mol. The van der Waals surface area contributed by atoms with Gasteiger partial charge < -0.3 is 15.7 Å². The maximum atomic E-state index is 11.1. The minimum absolute atomic E-state index is 0.0360. The zero-order valence-electron chi connectivity index (χ0n) is 12.8. The molecule has 1 rings (SSSR count). The molecule has 1 heterocycles. The Kier molecular flexibility index (Phi) is 5.80. The first-order valence-corrected chi connectivity index (χ1v) is 7.17. The zero-order chi connectivity index (χ0) is 15.3. The Bertz CT molecular complexity index is 456. The van der Waals surface area contributed by atoms with Crippen LogP contribution in [0.4, 0.5) is 11.5 Å². The minimum atomic E-state index is -1.03. The van der Waals surface area contributed by atoms with Crippen LogP contribution in [0.5, 0.6) is 0 Å². The average molecular weight is 279 g/mol. The van der Waals surface area contributed by atoms with E-state index in [-0.39, 0.29) is 5.69 Å². The number of carbonyl (C=O) groups is 1. The van der Waals surface area contributed by atoms with E-state index in [0.29, 0.717) is 23.5 Å². The number of pyridine rings is 1. The zero-order valence-corrected chi connectivity index (χ0v) is 12.8. The second-order valence-corrected chi connectivity index (χ2v) is 5.43. The van der Waals surface area contributed by atoms with E-state index in [2.05, 4.69) is 37.6 Å². The van der Waals surface area contributed by atoms with Gasteiger partial charge in [0.25, 0.3) is 0 Å². The van der Waals surface area contributed by atoms with Gasteiger partial charge in [-0.1, -0.05) is 27.7 Å². The molecule has 0 aromatic carbocycles. The summed E-state index contributed by atoms with van der Waals surface area (Å²) in [6, 6.07) is 3.39. The van der Waals surface area contributed by atoms with Crippen molar-refractivity contribution in [3.8, 4) is 0 Å². The summed E-state index contributed by atoms with van der Waals surface area (Å²) in [5.74, 6) is 0.0119. The molecule has 0 amide bonds. The lowest BCUT2D eigenvalue weighted by atomic mass is 10.1. The summed E-state index contributed by atoms with van der Waals surface area (Å²) in [5, 5.41) is 9.09. The van der Waals surface area contributed by atoms with Crippen LogP contribution in [0.3, 0.4) is 0 Å². The summed E-state index contributed by atoms with van der Waals surface area (Å²) < 4.78 is 0. The number of carboxylic acid groups (broad SMARTS) is 1. The van der Waals surface area contributed by atoms with Gasteiger partial charge in [-0.25, -0.2) is 9.78 Å². The topological polar surface area (TPSA) is 79.5 Å². The van der Waals surface area contributed by atoms with E-state index in [1.165, 1.54) is 6.07 Å². The van der Waals surface area contributed by atoms with Gasteiger partial charge in [0.2, 0.25) is 0 Å². The molecule has 0 unspecified atom stereocenters. The van der Waals surface area contributed by atoms with E-state index in [1.54, 1.807) is 6.07 Å². The molecule has 1 aromatic heterocycles. The lowest BCUT2D eigenvalue weighted by Crippen LogP contribution is -2.38. The molecule has 5 heteroatoms. The number of anilines is 2. The van der Waals surface area contributed by atoms with Crippen LogP contribution < -0.4 is 10.6 Å². The number of aromatic carboxylic acids is 1. The first kappa shape index (κ1) is 16.3. The Morgan fingerprint density at radius 1 is 1.35 bits per heavy atom. The molecule has 0 radical (unpaired) electrons. The average Bonchev–Trinajstić information content (AvgIpc) is 2.38. The SMILES string of the molecule is CCC(CC)N(CC(C)C)c1nc(C(=O)O)ccc1N. The fourth-order valence-corrected chi connectivity index (χ4v) is 2.34. The molecule has 0 aliphatic rings.